The molecule has 2 aromatic rings. The van der Waals surface area contributed by atoms with Gasteiger partial charge in [-0.15, -0.1) is 0 Å². The van der Waals surface area contributed by atoms with Gasteiger partial charge in [0.15, 0.2) is 0 Å². The maximum absolute atomic E-state index is 4.28. The Morgan fingerprint density at radius 3 is 2.95 bits per heavy atom. The first-order chi connectivity index (χ1) is 9.40. The van der Waals surface area contributed by atoms with Crippen LogP contribution in [0.3, 0.4) is 0 Å². The van der Waals surface area contributed by atoms with Crippen molar-refractivity contribution in [3.8, 4) is 0 Å². The van der Waals surface area contributed by atoms with Gasteiger partial charge < -0.3 is 0 Å². The number of hydrogen-bond donors (Lipinski definition) is 0. The van der Waals surface area contributed by atoms with E-state index in [1.807, 2.05) is 6.21 Å². The number of allylic oxidation sites excluding steroid dienone is 1. The summed E-state index contributed by atoms with van der Waals surface area (Å²) in [4.78, 5) is 4.28. The Balaban J connectivity index is 2.04. The summed E-state index contributed by atoms with van der Waals surface area (Å²) in [5.74, 6) is 0. The van der Waals surface area contributed by atoms with Gasteiger partial charge >= 0.3 is 0 Å². The van der Waals surface area contributed by atoms with Crippen LogP contribution in [-0.4, -0.2) is 24.0 Å². The number of hydrogen-bond acceptors (Lipinski definition) is 2. The predicted molar refractivity (Wildman–Crippen MR) is 81.4 cm³/mol. The average Bonchev–Trinajstić information content (AvgIpc) is 2.89. The second-order valence-corrected chi connectivity index (χ2v) is 4.81. The summed E-state index contributed by atoms with van der Waals surface area (Å²) in [7, 11) is 0. The van der Waals surface area contributed by atoms with E-state index in [1.54, 1.807) is 0 Å². The van der Waals surface area contributed by atoms with Crippen molar-refractivity contribution < 1.29 is 0 Å². The van der Waals surface area contributed by atoms with Gasteiger partial charge in [-0.25, -0.2) is 0 Å². The molecule has 0 N–H and O–H groups in total. The average molecular weight is 253 g/mol. The van der Waals surface area contributed by atoms with E-state index < -0.39 is 0 Å². The Hall–Kier alpha value is -2.03. The lowest BCUT2D eigenvalue weighted by Crippen LogP contribution is -2.34. The molecule has 0 radical (unpaired) electrons. The van der Waals surface area contributed by atoms with E-state index in [9.17, 15) is 0 Å². The van der Waals surface area contributed by atoms with Gasteiger partial charge in [0.2, 0.25) is 0 Å². The maximum Gasteiger partial charge on any atom is 0.0698 e. The molecule has 3 rings (SSSR count). The van der Waals surface area contributed by atoms with E-state index in [0.717, 1.165) is 25.9 Å². The fraction of sp³-hybridized carbons (Fsp3) is 0.312. The van der Waals surface area contributed by atoms with Crippen LogP contribution in [0.1, 0.15) is 19.8 Å². The highest BCUT2D eigenvalue weighted by atomic mass is 15.5. The van der Waals surface area contributed by atoms with Gasteiger partial charge in [-0.3, -0.25) is 14.7 Å². The number of nitrogens with zero attached hydrogens (tertiary/aromatic N) is 3. The lowest BCUT2D eigenvalue weighted by Gasteiger charge is -2.29. The molecule has 2 heterocycles. The van der Waals surface area contributed by atoms with Crippen molar-refractivity contribution in [2.75, 3.05) is 18.1 Å². The van der Waals surface area contributed by atoms with Crippen molar-refractivity contribution >= 4 is 17.1 Å². The summed E-state index contributed by atoms with van der Waals surface area (Å²) < 4.78 is 2.27. The van der Waals surface area contributed by atoms with Crippen molar-refractivity contribution in [2.45, 2.75) is 19.8 Å². The van der Waals surface area contributed by atoms with Crippen LogP contribution in [0.25, 0.3) is 10.9 Å². The van der Waals surface area contributed by atoms with Crippen LogP contribution in [0.15, 0.2) is 53.3 Å². The second kappa shape index (κ2) is 5.31. The van der Waals surface area contributed by atoms with Gasteiger partial charge in [0.1, 0.15) is 0 Å². The highest BCUT2D eigenvalue weighted by Gasteiger charge is 2.13. The van der Waals surface area contributed by atoms with Crippen LogP contribution in [0, 0.1) is 0 Å². The Morgan fingerprint density at radius 1 is 1.26 bits per heavy atom. The highest BCUT2D eigenvalue weighted by Crippen LogP contribution is 2.19. The molecular weight excluding hydrogens is 234 g/mol. The molecule has 0 amide bonds. The Labute approximate surface area is 113 Å². The molecule has 0 aliphatic carbocycles. The standard InChI is InChI=1S/C16H19N3/c1-2-12-18(15-7-10-17-11-8-15)19-13-9-14-5-3-4-6-16(14)19/h3-7,9-10,13H,2,8,11-12H2,1H3. The third-order valence-corrected chi connectivity index (χ3v) is 3.48. The molecular formula is C16H19N3. The van der Waals surface area contributed by atoms with Crippen LogP contribution >= 0.6 is 0 Å². The van der Waals surface area contributed by atoms with Crippen molar-refractivity contribution in [1.82, 2.24) is 4.68 Å². The number of para-hydroxylation sites is 1. The number of benzene rings is 1. The fourth-order valence-corrected chi connectivity index (χ4v) is 2.57. The fourth-order valence-electron chi connectivity index (χ4n) is 2.57. The van der Waals surface area contributed by atoms with Crippen molar-refractivity contribution in [1.29, 1.82) is 0 Å². The highest BCUT2D eigenvalue weighted by molar-refractivity contribution is 5.81. The molecule has 3 heteroatoms. The van der Waals surface area contributed by atoms with E-state index in [0.29, 0.717) is 0 Å². The molecule has 0 unspecified atom stereocenters. The van der Waals surface area contributed by atoms with Gasteiger partial charge in [-0.2, -0.15) is 0 Å². The molecule has 3 nitrogen and oxygen atoms in total. The molecule has 19 heavy (non-hydrogen) atoms. The zero-order chi connectivity index (χ0) is 13.1. The smallest absolute Gasteiger partial charge is 0.0698 e. The van der Waals surface area contributed by atoms with E-state index in [2.05, 4.69) is 64.2 Å². The first-order valence-electron chi connectivity index (χ1n) is 6.93. The Bertz CT molecular complexity index is 622. The van der Waals surface area contributed by atoms with E-state index in [-0.39, 0.29) is 0 Å². The number of aliphatic imine (C=N–C) groups is 1. The Kier molecular flexibility index (Phi) is 3.36. The molecule has 1 aromatic carbocycles. The minimum atomic E-state index is 0.894. The molecule has 0 fully saturated rings. The monoisotopic (exact) mass is 253 g/mol. The van der Waals surface area contributed by atoms with Gasteiger partial charge in [0.25, 0.3) is 0 Å². The molecule has 1 aromatic heterocycles. The van der Waals surface area contributed by atoms with Crippen LogP contribution in [0.5, 0.6) is 0 Å². The van der Waals surface area contributed by atoms with Crippen molar-refractivity contribution in [2.24, 2.45) is 4.99 Å². The zero-order valence-corrected chi connectivity index (χ0v) is 11.3. The largest absolute Gasteiger partial charge is 0.293 e. The molecule has 0 spiro atoms. The molecule has 0 bridgehead atoms. The van der Waals surface area contributed by atoms with Gasteiger partial charge in [0.05, 0.1) is 5.52 Å². The summed E-state index contributed by atoms with van der Waals surface area (Å²) in [5.41, 5.74) is 2.61. The van der Waals surface area contributed by atoms with E-state index in [1.165, 1.54) is 16.6 Å². The molecule has 98 valence electrons. The van der Waals surface area contributed by atoms with Crippen LogP contribution < -0.4 is 5.01 Å². The summed E-state index contributed by atoms with van der Waals surface area (Å²) >= 11 is 0. The molecule has 0 saturated carbocycles. The summed E-state index contributed by atoms with van der Waals surface area (Å²) in [6.45, 7) is 4.14. The summed E-state index contributed by atoms with van der Waals surface area (Å²) in [6.07, 6.45) is 8.36. The number of aromatic nitrogens is 1. The van der Waals surface area contributed by atoms with Gasteiger partial charge in [-0.05, 0) is 24.6 Å². The SMILES string of the molecule is CCCN(C1=CC=NCC1)n1ccc2ccccc21. The van der Waals surface area contributed by atoms with E-state index in [4.69, 9.17) is 0 Å². The summed E-state index contributed by atoms with van der Waals surface area (Å²) in [5, 5.41) is 3.65. The first-order valence-corrected chi connectivity index (χ1v) is 6.93. The van der Waals surface area contributed by atoms with Crippen LogP contribution in [0.4, 0.5) is 0 Å². The molecule has 0 saturated heterocycles. The molecule has 0 atom stereocenters. The maximum atomic E-state index is 4.28. The minimum Gasteiger partial charge on any atom is -0.293 e. The van der Waals surface area contributed by atoms with Gasteiger partial charge in [-0.1, -0.05) is 25.1 Å². The molecule has 1 aliphatic rings. The number of dihydropyridines is 1. The first kappa shape index (κ1) is 12.0. The third kappa shape index (κ3) is 2.28. The third-order valence-electron chi connectivity index (χ3n) is 3.48. The van der Waals surface area contributed by atoms with Crippen molar-refractivity contribution in [3.05, 3.63) is 48.3 Å². The van der Waals surface area contributed by atoms with Crippen molar-refractivity contribution in [3.63, 3.8) is 0 Å². The lowest BCUT2D eigenvalue weighted by atomic mass is 10.2. The van der Waals surface area contributed by atoms with Crippen LogP contribution in [0.2, 0.25) is 0 Å². The number of fused-ring (bicyclic) bond motifs is 1. The molecule has 1 aliphatic heterocycles. The topological polar surface area (TPSA) is 20.5 Å². The Morgan fingerprint density at radius 2 is 2.16 bits per heavy atom. The predicted octanol–water partition coefficient (Wildman–Crippen LogP) is 3.35. The quantitative estimate of drug-likeness (QED) is 0.818. The van der Waals surface area contributed by atoms with E-state index >= 15 is 0 Å². The summed E-state index contributed by atoms with van der Waals surface area (Å²) in [6, 6.07) is 10.7. The normalized spacial score (nSPS) is 14.7. The minimum absolute atomic E-state index is 0.894. The second-order valence-electron chi connectivity index (χ2n) is 4.81. The number of rotatable bonds is 4. The lowest BCUT2D eigenvalue weighted by molar-refractivity contribution is 0.635. The van der Waals surface area contributed by atoms with Gasteiger partial charge in [0, 0.05) is 43.0 Å². The van der Waals surface area contributed by atoms with Crippen LogP contribution in [-0.2, 0) is 0 Å². The zero-order valence-electron chi connectivity index (χ0n) is 11.3.